The molecule has 20 heavy (non-hydrogen) atoms. The molecule has 0 bridgehead atoms. The summed E-state index contributed by atoms with van der Waals surface area (Å²) in [5.41, 5.74) is 2.27. The Hall–Kier alpha value is -2.81. The van der Waals surface area contributed by atoms with Crippen LogP contribution in [0.15, 0.2) is 42.9 Å². The molecule has 0 saturated heterocycles. The molecule has 3 rings (SSSR count). The summed E-state index contributed by atoms with van der Waals surface area (Å²) in [4.78, 5) is 7.93. The molecule has 0 atom stereocenters. The first-order valence-electron chi connectivity index (χ1n) is 5.81. The molecule has 0 aliphatic carbocycles. The molecule has 0 aliphatic heterocycles. The van der Waals surface area contributed by atoms with Gasteiger partial charge in [-0.05, 0) is 24.3 Å². The summed E-state index contributed by atoms with van der Waals surface area (Å²) in [7, 11) is 0. The molecule has 4 nitrogen and oxygen atoms in total. The molecule has 3 heterocycles. The Kier molecular flexibility index (Phi) is 2.88. The number of halogens is 2. The van der Waals surface area contributed by atoms with Crippen molar-refractivity contribution >= 4 is 5.65 Å². The van der Waals surface area contributed by atoms with Gasteiger partial charge in [0, 0.05) is 18.0 Å². The number of hydrogen-bond donors (Lipinski definition) is 0. The Morgan fingerprint density at radius 3 is 2.60 bits per heavy atom. The van der Waals surface area contributed by atoms with Crippen LogP contribution >= 0.6 is 0 Å². The lowest BCUT2D eigenvalue weighted by molar-refractivity contribution is 0.146. The van der Waals surface area contributed by atoms with E-state index in [1.807, 2.05) is 6.07 Å². The maximum Gasteiger partial charge on any atom is 0.280 e. The number of aromatic nitrogens is 3. The first kappa shape index (κ1) is 12.2. The van der Waals surface area contributed by atoms with Crippen molar-refractivity contribution in [1.29, 1.82) is 5.26 Å². The zero-order valence-corrected chi connectivity index (χ0v) is 10.2. The number of hydrogen-bond acceptors (Lipinski definition) is 3. The molecule has 3 aromatic rings. The van der Waals surface area contributed by atoms with Crippen molar-refractivity contribution in [1.82, 2.24) is 14.4 Å². The van der Waals surface area contributed by atoms with Crippen LogP contribution in [0.3, 0.4) is 0 Å². The molecule has 0 radical (unpaired) electrons. The van der Waals surface area contributed by atoms with Crippen LogP contribution in [-0.2, 0) is 0 Å². The standard InChI is InChI=1S/C14H8F2N4/c15-14(16)11-3-2-10(6-18-11)12-7-19-13-4-1-9(5-17)8-20(12)13/h1-4,6-8,14H. The molecule has 0 aliphatic rings. The van der Waals surface area contributed by atoms with E-state index in [0.29, 0.717) is 22.5 Å². The quantitative estimate of drug-likeness (QED) is 0.718. The summed E-state index contributed by atoms with van der Waals surface area (Å²) in [6.07, 6.45) is 2.06. The van der Waals surface area contributed by atoms with Crippen molar-refractivity contribution in [3.05, 3.63) is 54.1 Å². The first-order chi connectivity index (χ1) is 9.69. The highest BCUT2D eigenvalue weighted by Gasteiger charge is 2.11. The van der Waals surface area contributed by atoms with Gasteiger partial charge < -0.3 is 0 Å². The smallest absolute Gasteiger partial charge is 0.280 e. The van der Waals surface area contributed by atoms with Crippen LogP contribution in [0.2, 0.25) is 0 Å². The van der Waals surface area contributed by atoms with Crippen LogP contribution in [0.25, 0.3) is 16.9 Å². The molecule has 0 unspecified atom stereocenters. The summed E-state index contributed by atoms with van der Waals surface area (Å²) in [6, 6.07) is 8.30. The lowest BCUT2D eigenvalue weighted by atomic mass is 10.2. The van der Waals surface area contributed by atoms with E-state index >= 15 is 0 Å². The topological polar surface area (TPSA) is 54.0 Å². The van der Waals surface area contributed by atoms with E-state index in [-0.39, 0.29) is 5.69 Å². The normalized spacial score (nSPS) is 10.9. The van der Waals surface area contributed by atoms with E-state index in [1.54, 1.807) is 35.0 Å². The van der Waals surface area contributed by atoms with Crippen LogP contribution in [0.5, 0.6) is 0 Å². The van der Waals surface area contributed by atoms with Crippen LogP contribution in [0.4, 0.5) is 8.78 Å². The number of nitriles is 1. The Morgan fingerprint density at radius 1 is 1.10 bits per heavy atom. The van der Waals surface area contributed by atoms with Crippen molar-refractivity contribution in [3.63, 3.8) is 0 Å². The van der Waals surface area contributed by atoms with Gasteiger partial charge in [0.15, 0.2) is 0 Å². The van der Waals surface area contributed by atoms with Gasteiger partial charge in [0.05, 0.1) is 17.5 Å². The van der Waals surface area contributed by atoms with E-state index in [1.165, 1.54) is 12.3 Å². The van der Waals surface area contributed by atoms with E-state index in [9.17, 15) is 8.78 Å². The molecule has 0 saturated carbocycles. The molecule has 98 valence electrons. The van der Waals surface area contributed by atoms with Crippen molar-refractivity contribution < 1.29 is 8.78 Å². The van der Waals surface area contributed by atoms with Crippen LogP contribution < -0.4 is 0 Å². The molecular formula is C14H8F2N4. The van der Waals surface area contributed by atoms with Crippen LogP contribution in [-0.4, -0.2) is 14.4 Å². The zero-order valence-electron chi connectivity index (χ0n) is 10.2. The minimum Gasteiger partial charge on any atom is -0.298 e. The molecule has 0 N–H and O–H groups in total. The van der Waals surface area contributed by atoms with Gasteiger partial charge in [-0.1, -0.05) is 0 Å². The fourth-order valence-corrected chi connectivity index (χ4v) is 1.95. The van der Waals surface area contributed by atoms with Crippen molar-refractivity contribution in [2.45, 2.75) is 6.43 Å². The predicted octanol–water partition coefficient (Wildman–Crippen LogP) is 3.21. The largest absolute Gasteiger partial charge is 0.298 e. The molecule has 3 aromatic heterocycles. The molecule has 6 heteroatoms. The van der Waals surface area contributed by atoms with E-state index in [4.69, 9.17) is 5.26 Å². The number of fused-ring (bicyclic) bond motifs is 1. The second-order valence-corrected chi connectivity index (χ2v) is 4.17. The summed E-state index contributed by atoms with van der Waals surface area (Å²) in [5, 5.41) is 8.91. The minimum absolute atomic E-state index is 0.264. The summed E-state index contributed by atoms with van der Waals surface area (Å²) >= 11 is 0. The van der Waals surface area contributed by atoms with E-state index in [0.717, 1.165) is 0 Å². The lowest BCUT2D eigenvalue weighted by Crippen LogP contribution is -1.93. The van der Waals surface area contributed by atoms with Gasteiger partial charge in [-0.2, -0.15) is 5.26 Å². The summed E-state index contributed by atoms with van der Waals surface area (Å²) in [6.45, 7) is 0. The first-order valence-corrected chi connectivity index (χ1v) is 5.81. The monoisotopic (exact) mass is 270 g/mol. The highest BCUT2D eigenvalue weighted by atomic mass is 19.3. The highest BCUT2D eigenvalue weighted by molar-refractivity contribution is 5.63. The van der Waals surface area contributed by atoms with Crippen molar-refractivity contribution in [2.24, 2.45) is 0 Å². The molecule has 0 aromatic carbocycles. The predicted molar refractivity (Wildman–Crippen MR) is 68.1 cm³/mol. The molecule has 0 spiro atoms. The fourth-order valence-electron chi connectivity index (χ4n) is 1.95. The zero-order chi connectivity index (χ0) is 14.1. The number of imidazole rings is 1. The average Bonchev–Trinajstić information content (AvgIpc) is 2.90. The van der Waals surface area contributed by atoms with E-state index < -0.39 is 6.43 Å². The van der Waals surface area contributed by atoms with Gasteiger partial charge in [-0.25, -0.2) is 13.8 Å². The number of alkyl halides is 2. The summed E-state index contributed by atoms with van der Waals surface area (Å²) in [5.74, 6) is 0. The number of nitrogens with zero attached hydrogens (tertiary/aromatic N) is 4. The highest BCUT2D eigenvalue weighted by Crippen LogP contribution is 2.23. The van der Waals surface area contributed by atoms with Gasteiger partial charge in [0.2, 0.25) is 0 Å². The average molecular weight is 270 g/mol. The van der Waals surface area contributed by atoms with Crippen molar-refractivity contribution in [2.75, 3.05) is 0 Å². The third kappa shape index (κ3) is 1.99. The Morgan fingerprint density at radius 2 is 1.95 bits per heavy atom. The van der Waals surface area contributed by atoms with Crippen LogP contribution in [0, 0.1) is 11.3 Å². The Balaban J connectivity index is 2.12. The van der Waals surface area contributed by atoms with Gasteiger partial charge in [0.25, 0.3) is 6.43 Å². The number of rotatable bonds is 2. The lowest BCUT2D eigenvalue weighted by Gasteiger charge is -2.03. The molecular weight excluding hydrogens is 262 g/mol. The Bertz CT molecular complexity index is 800. The van der Waals surface area contributed by atoms with Gasteiger partial charge >= 0.3 is 0 Å². The third-order valence-corrected chi connectivity index (χ3v) is 2.94. The second-order valence-electron chi connectivity index (χ2n) is 4.17. The van der Waals surface area contributed by atoms with Gasteiger partial charge in [0.1, 0.15) is 17.4 Å². The maximum atomic E-state index is 12.5. The molecule has 0 amide bonds. The Labute approximate surface area is 112 Å². The van der Waals surface area contributed by atoms with E-state index in [2.05, 4.69) is 9.97 Å². The fraction of sp³-hybridized carbons (Fsp3) is 0.0714. The van der Waals surface area contributed by atoms with Crippen molar-refractivity contribution in [3.8, 4) is 17.3 Å². The van der Waals surface area contributed by atoms with Gasteiger partial charge in [-0.15, -0.1) is 0 Å². The van der Waals surface area contributed by atoms with Crippen LogP contribution in [0.1, 0.15) is 17.7 Å². The maximum absolute atomic E-state index is 12.5. The third-order valence-electron chi connectivity index (χ3n) is 2.94. The summed E-state index contributed by atoms with van der Waals surface area (Å²) < 4.78 is 26.7. The molecule has 0 fully saturated rings. The minimum atomic E-state index is -2.59. The SMILES string of the molecule is N#Cc1ccc2ncc(-c3ccc(C(F)F)nc3)n2c1. The second kappa shape index (κ2) is 4.70. The number of pyridine rings is 2. The van der Waals surface area contributed by atoms with Gasteiger partial charge in [-0.3, -0.25) is 9.38 Å².